The minimum absolute atomic E-state index is 0.0700. The average molecular weight is 409 g/mol. The van der Waals surface area contributed by atoms with Crippen molar-refractivity contribution in [1.29, 1.82) is 0 Å². The Balaban J connectivity index is 1.85. The van der Waals surface area contributed by atoms with Crippen LogP contribution in [-0.2, 0) is 10.2 Å². The summed E-state index contributed by atoms with van der Waals surface area (Å²) in [6.45, 7) is 6.63. The second-order valence-corrected chi connectivity index (χ2v) is 8.89. The number of rotatable bonds is 4. The molecule has 0 saturated heterocycles. The number of hydrogen-bond acceptors (Lipinski definition) is 5. The molecule has 0 radical (unpaired) electrons. The SMILES string of the molecule is COc1ccc(O/C(=C2\C=NN(C)C2=O)c2ccc3c(c2C)C(C)(C)CS3)cc1. The molecule has 0 fully saturated rings. The molecular formula is C23H24N2O3S. The first-order valence-corrected chi connectivity index (χ1v) is 10.5. The molecule has 5 nitrogen and oxygen atoms in total. The summed E-state index contributed by atoms with van der Waals surface area (Å²) in [5, 5.41) is 5.47. The lowest BCUT2D eigenvalue weighted by molar-refractivity contribution is -0.124. The summed E-state index contributed by atoms with van der Waals surface area (Å²) < 4.78 is 11.5. The second kappa shape index (κ2) is 7.26. The Labute approximate surface area is 175 Å². The molecule has 1 amide bonds. The molecule has 2 aliphatic rings. The van der Waals surface area contributed by atoms with Gasteiger partial charge in [-0.1, -0.05) is 13.8 Å². The molecule has 2 aliphatic heterocycles. The molecule has 0 aromatic heterocycles. The first-order valence-electron chi connectivity index (χ1n) is 9.47. The zero-order valence-electron chi connectivity index (χ0n) is 17.3. The summed E-state index contributed by atoms with van der Waals surface area (Å²) in [5.74, 6) is 2.78. The van der Waals surface area contributed by atoms with Crippen molar-refractivity contribution in [2.24, 2.45) is 5.10 Å². The van der Waals surface area contributed by atoms with Gasteiger partial charge in [0.05, 0.1) is 13.3 Å². The molecule has 2 aromatic rings. The molecule has 29 heavy (non-hydrogen) atoms. The van der Waals surface area contributed by atoms with Crippen LogP contribution in [0, 0.1) is 6.92 Å². The number of amides is 1. The van der Waals surface area contributed by atoms with Crippen LogP contribution in [0.5, 0.6) is 11.5 Å². The van der Waals surface area contributed by atoms with Crippen molar-refractivity contribution < 1.29 is 14.3 Å². The number of benzene rings is 2. The molecule has 150 valence electrons. The first kappa shape index (κ1) is 19.6. The third-order valence-electron chi connectivity index (χ3n) is 5.35. The number of thioether (sulfide) groups is 1. The van der Waals surface area contributed by atoms with Crippen LogP contribution in [-0.4, -0.2) is 37.0 Å². The van der Waals surface area contributed by atoms with Crippen molar-refractivity contribution in [2.75, 3.05) is 19.9 Å². The van der Waals surface area contributed by atoms with Gasteiger partial charge in [0, 0.05) is 28.7 Å². The third kappa shape index (κ3) is 3.42. The molecule has 0 unspecified atom stereocenters. The lowest BCUT2D eigenvalue weighted by atomic mass is 9.82. The Morgan fingerprint density at radius 3 is 2.45 bits per heavy atom. The fraction of sp³-hybridized carbons (Fsp3) is 0.304. The lowest BCUT2D eigenvalue weighted by Gasteiger charge is -2.23. The van der Waals surface area contributed by atoms with E-state index < -0.39 is 0 Å². The van der Waals surface area contributed by atoms with Gasteiger partial charge in [-0.15, -0.1) is 11.8 Å². The van der Waals surface area contributed by atoms with E-state index in [4.69, 9.17) is 9.47 Å². The number of carbonyl (C=O) groups is 1. The molecule has 0 bridgehead atoms. The van der Waals surface area contributed by atoms with Crippen LogP contribution in [0.3, 0.4) is 0 Å². The smallest absolute Gasteiger partial charge is 0.279 e. The van der Waals surface area contributed by atoms with Gasteiger partial charge < -0.3 is 9.47 Å². The quantitative estimate of drug-likeness (QED) is 0.547. The zero-order chi connectivity index (χ0) is 20.8. The summed E-state index contributed by atoms with van der Waals surface area (Å²) in [4.78, 5) is 14.0. The summed E-state index contributed by atoms with van der Waals surface area (Å²) in [6.07, 6.45) is 1.58. The first-order chi connectivity index (χ1) is 13.8. The number of methoxy groups -OCH3 is 1. The molecule has 0 spiro atoms. The van der Waals surface area contributed by atoms with E-state index in [-0.39, 0.29) is 11.3 Å². The van der Waals surface area contributed by atoms with Gasteiger partial charge in [-0.25, -0.2) is 5.01 Å². The normalized spacial score (nSPS) is 18.8. The fourth-order valence-electron chi connectivity index (χ4n) is 3.82. The van der Waals surface area contributed by atoms with E-state index in [0.29, 0.717) is 17.1 Å². The minimum Gasteiger partial charge on any atom is -0.497 e. The molecule has 0 aliphatic carbocycles. The maximum atomic E-state index is 12.7. The molecule has 6 heteroatoms. The Kier molecular flexibility index (Phi) is 4.90. The fourth-order valence-corrected chi connectivity index (χ4v) is 5.22. The van der Waals surface area contributed by atoms with Crippen molar-refractivity contribution >= 4 is 29.6 Å². The molecule has 4 rings (SSSR count). The van der Waals surface area contributed by atoms with Gasteiger partial charge in [0.1, 0.15) is 22.8 Å². The molecule has 0 saturated carbocycles. The van der Waals surface area contributed by atoms with Crippen LogP contribution >= 0.6 is 11.8 Å². The van der Waals surface area contributed by atoms with Crippen LogP contribution in [0.2, 0.25) is 0 Å². The van der Waals surface area contributed by atoms with Gasteiger partial charge in [0.2, 0.25) is 0 Å². The Morgan fingerprint density at radius 1 is 1.14 bits per heavy atom. The van der Waals surface area contributed by atoms with E-state index in [1.54, 1.807) is 20.4 Å². The molecule has 0 atom stereocenters. The van der Waals surface area contributed by atoms with Crippen molar-refractivity contribution in [3.8, 4) is 11.5 Å². The van der Waals surface area contributed by atoms with Crippen molar-refractivity contribution in [2.45, 2.75) is 31.1 Å². The number of ether oxygens (including phenoxy) is 2. The van der Waals surface area contributed by atoms with E-state index in [0.717, 1.165) is 22.6 Å². The number of hydrogen-bond donors (Lipinski definition) is 0. The van der Waals surface area contributed by atoms with Crippen LogP contribution < -0.4 is 9.47 Å². The highest BCUT2D eigenvalue weighted by atomic mass is 32.2. The largest absolute Gasteiger partial charge is 0.497 e. The van der Waals surface area contributed by atoms with Crippen LogP contribution in [0.4, 0.5) is 0 Å². The van der Waals surface area contributed by atoms with Gasteiger partial charge in [0.15, 0.2) is 0 Å². The highest BCUT2D eigenvalue weighted by molar-refractivity contribution is 7.99. The van der Waals surface area contributed by atoms with Crippen LogP contribution in [0.1, 0.15) is 30.5 Å². The maximum Gasteiger partial charge on any atom is 0.279 e. The summed E-state index contributed by atoms with van der Waals surface area (Å²) in [6, 6.07) is 11.5. The number of nitrogens with zero attached hydrogens (tertiary/aromatic N) is 2. The lowest BCUT2D eigenvalue weighted by Crippen LogP contribution is -2.20. The minimum atomic E-state index is -0.179. The molecule has 2 heterocycles. The predicted molar refractivity (Wildman–Crippen MR) is 117 cm³/mol. The monoisotopic (exact) mass is 408 g/mol. The summed E-state index contributed by atoms with van der Waals surface area (Å²) in [5.41, 5.74) is 3.91. The van der Waals surface area contributed by atoms with Crippen LogP contribution in [0.15, 0.2) is 52.0 Å². The summed E-state index contributed by atoms with van der Waals surface area (Å²) in [7, 11) is 3.27. The van der Waals surface area contributed by atoms with Crippen molar-refractivity contribution in [3.05, 3.63) is 58.7 Å². The van der Waals surface area contributed by atoms with E-state index in [1.807, 2.05) is 42.1 Å². The standard InChI is InChI=1S/C23H24N2O3S/c1-14-17(10-11-19-20(14)23(2,3)13-29-19)21(18-12-24-25(4)22(18)26)28-16-8-6-15(27-5)7-9-16/h6-12H,13H2,1-5H3/b21-18+. The van der Waals surface area contributed by atoms with Gasteiger partial charge in [-0.2, -0.15) is 5.10 Å². The Morgan fingerprint density at radius 2 is 1.83 bits per heavy atom. The predicted octanol–water partition coefficient (Wildman–Crippen LogP) is 4.63. The molecule has 2 aromatic carbocycles. The highest BCUT2D eigenvalue weighted by Gasteiger charge is 2.34. The summed E-state index contributed by atoms with van der Waals surface area (Å²) >= 11 is 1.88. The number of fused-ring (bicyclic) bond motifs is 1. The zero-order valence-corrected chi connectivity index (χ0v) is 18.1. The Hall–Kier alpha value is -2.73. The topological polar surface area (TPSA) is 51.1 Å². The van der Waals surface area contributed by atoms with Crippen molar-refractivity contribution in [1.82, 2.24) is 5.01 Å². The van der Waals surface area contributed by atoms with Gasteiger partial charge in [-0.05, 0) is 54.4 Å². The molecular weight excluding hydrogens is 384 g/mol. The van der Waals surface area contributed by atoms with E-state index >= 15 is 0 Å². The Bertz CT molecular complexity index is 1040. The molecule has 0 N–H and O–H groups in total. The van der Waals surface area contributed by atoms with Gasteiger partial charge >= 0.3 is 0 Å². The van der Waals surface area contributed by atoms with E-state index in [9.17, 15) is 4.79 Å². The average Bonchev–Trinajstić information content (AvgIpc) is 3.20. The number of hydrazone groups is 1. The van der Waals surface area contributed by atoms with E-state index in [2.05, 4.69) is 31.9 Å². The van der Waals surface area contributed by atoms with Gasteiger partial charge in [-0.3, -0.25) is 4.79 Å². The number of likely N-dealkylation sites (N-methyl/N-ethyl adjacent to an activating group) is 1. The maximum absolute atomic E-state index is 12.7. The van der Waals surface area contributed by atoms with Crippen LogP contribution in [0.25, 0.3) is 5.76 Å². The van der Waals surface area contributed by atoms with Gasteiger partial charge in [0.25, 0.3) is 5.91 Å². The number of carbonyl (C=O) groups excluding carboxylic acids is 1. The highest BCUT2D eigenvalue weighted by Crippen LogP contribution is 2.47. The third-order valence-corrected chi connectivity index (χ3v) is 6.86. The second-order valence-electron chi connectivity index (χ2n) is 7.88. The van der Waals surface area contributed by atoms with Crippen molar-refractivity contribution in [3.63, 3.8) is 0 Å². The van der Waals surface area contributed by atoms with E-state index in [1.165, 1.54) is 15.5 Å².